The molecule has 1 amide bonds. The van der Waals surface area contributed by atoms with Crippen LogP contribution >= 0.6 is 11.6 Å². The maximum atomic E-state index is 13.2. The summed E-state index contributed by atoms with van der Waals surface area (Å²) in [6.07, 6.45) is 1.70. The topological polar surface area (TPSA) is 41.6 Å². The summed E-state index contributed by atoms with van der Waals surface area (Å²) >= 11 is 5.98. The Labute approximate surface area is 159 Å². The molecular formula is C21H23ClN2O2. The predicted molar refractivity (Wildman–Crippen MR) is 103 cm³/mol. The molecule has 2 aliphatic rings. The van der Waals surface area contributed by atoms with Gasteiger partial charge in [-0.3, -0.25) is 4.79 Å². The molecule has 4 rings (SSSR count). The van der Waals surface area contributed by atoms with Gasteiger partial charge in [0, 0.05) is 31.1 Å². The van der Waals surface area contributed by atoms with Crippen LogP contribution in [-0.4, -0.2) is 43.1 Å². The third-order valence-corrected chi connectivity index (χ3v) is 5.57. The zero-order valence-electron chi connectivity index (χ0n) is 14.7. The monoisotopic (exact) mass is 370 g/mol. The fourth-order valence-corrected chi connectivity index (χ4v) is 3.93. The Morgan fingerprint density at radius 3 is 2.54 bits per heavy atom. The van der Waals surface area contributed by atoms with Crippen LogP contribution in [0.2, 0.25) is 5.02 Å². The van der Waals surface area contributed by atoms with Gasteiger partial charge in [0.15, 0.2) is 0 Å². The van der Waals surface area contributed by atoms with E-state index in [-0.39, 0.29) is 17.4 Å². The molecule has 26 heavy (non-hydrogen) atoms. The van der Waals surface area contributed by atoms with E-state index in [4.69, 9.17) is 16.3 Å². The van der Waals surface area contributed by atoms with E-state index in [0.717, 1.165) is 48.8 Å². The quantitative estimate of drug-likeness (QED) is 0.879. The molecule has 0 aromatic heterocycles. The van der Waals surface area contributed by atoms with E-state index in [1.165, 1.54) is 0 Å². The molecule has 0 saturated carbocycles. The van der Waals surface area contributed by atoms with Gasteiger partial charge in [0.05, 0.1) is 12.0 Å². The first-order valence-electron chi connectivity index (χ1n) is 9.11. The van der Waals surface area contributed by atoms with E-state index in [2.05, 4.69) is 5.32 Å². The minimum Gasteiger partial charge on any atom is -0.489 e. The third kappa shape index (κ3) is 3.57. The van der Waals surface area contributed by atoms with Crippen LogP contribution in [0.15, 0.2) is 54.6 Å². The van der Waals surface area contributed by atoms with Crippen molar-refractivity contribution in [3.05, 3.63) is 65.2 Å². The molecule has 2 saturated heterocycles. The van der Waals surface area contributed by atoms with Gasteiger partial charge in [-0.1, -0.05) is 41.9 Å². The number of benzene rings is 2. The Morgan fingerprint density at radius 2 is 1.88 bits per heavy atom. The van der Waals surface area contributed by atoms with Crippen molar-refractivity contribution < 1.29 is 9.53 Å². The van der Waals surface area contributed by atoms with Gasteiger partial charge < -0.3 is 15.0 Å². The lowest BCUT2D eigenvalue weighted by Gasteiger charge is -2.43. The van der Waals surface area contributed by atoms with Crippen LogP contribution < -0.4 is 10.1 Å². The lowest BCUT2D eigenvalue weighted by molar-refractivity contribution is -0.144. The largest absolute Gasteiger partial charge is 0.489 e. The number of para-hydroxylation sites is 1. The molecule has 0 spiro atoms. The summed E-state index contributed by atoms with van der Waals surface area (Å²) in [5, 5.41) is 4.01. The number of ether oxygens (including phenoxy) is 1. The van der Waals surface area contributed by atoms with Crippen LogP contribution in [0.3, 0.4) is 0 Å². The summed E-state index contributed by atoms with van der Waals surface area (Å²) in [7, 11) is 0. The molecule has 1 atom stereocenters. The van der Waals surface area contributed by atoms with E-state index >= 15 is 0 Å². The number of carbonyl (C=O) groups is 1. The van der Waals surface area contributed by atoms with Crippen LogP contribution in [0.4, 0.5) is 0 Å². The molecular weight excluding hydrogens is 348 g/mol. The molecule has 0 bridgehead atoms. The van der Waals surface area contributed by atoms with Gasteiger partial charge in [-0.05, 0) is 36.2 Å². The van der Waals surface area contributed by atoms with Crippen molar-refractivity contribution in [1.29, 1.82) is 0 Å². The molecule has 5 heteroatoms. The maximum absolute atomic E-state index is 13.2. The summed E-state index contributed by atoms with van der Waals surface area (Å²) in [5.41, 5.74) is 0.815. The highest BCUT2D eigenvalue weighted by atomic mass is 35.5. The average molecular weight is 371 g/mol. The van der Waals surface area contributed by atoms with E-state index in [1.807, 2.05) is 59.5 Å². The predicted octanol–water partition coefficient (Wildman–Crippen LogP) is 3.15. The van der Waals surface area contributed by atoms with Gasteiger partial charge in [0.1, 0.15) is 11.9 Å². The number of hydrogen-bond acceptors (Lipinski definition) is 3. The van der Waals surface area contributed by atoms with Crippen LogP contribution in [0.1, 0.15) is 12.0 Å². The van der Waals surface area contributed by atoms with Crippen LogP contribution in [0.5, 0.6) is 5.75 Å². The van der Waals surface area contributed by atoms with Crippen LogP contribution in [0.25, 0.3) is 0 Å². The first-order chi connectivity index (χ1) is 12.6. The molecule has 0 unspecified atom stereocenters. The van der Waals surface area contributed by atoms with Gasteiger partial charge in [-0.15, -0.1) is 0 Å². The van der Waals surface area contributed by atoms with Gasteiger partial charge in [0.25, 0.3) is 0 Å². The second kappa shape index (κ2) is 7.29. The first kappa shape index (κ1) is 17.4. The van der Waals surface area contributed by atoms with Gasteiger partial charge >= 0.3 is 0 Å². The van der Waals surface area contributed by atoms with Crippen molar-refractivity contribution in [2.45, 2.75) is 18.9 Å². The number of hydrogen-bond donors (Lipinski definition) is 1. The van der Waals surface area contributed by atoms with Gasteiger partial charge in [-0.2, -0.15) is 0 Å². The van der Waals surface area contributed by atoms with E-state index in [0.29, 0.717) is 6.54 Å². The lowest BCUT2D eigenvalue weighted by Crippen LogP contribution is -2.63. The summed E-state index contributed by atoms with van der Waals surface area (Å²) in [4.78, 5) is 15.2. The first-order valence-corrected chi connectivity index (χ1v) is 9.49. The van der Waals surface area contributed by atoms with Crippen molar-refractivity contribution in [3.63, 3.8) is 0 Å². The molecule has 2 aliphatic heterocycles. The molecule has 2 aromatic carbocycles. The zero-order valence-corrected chi connectivity index (χ0v) is 15.4. The number of likely N-dealkylation sites (tertiary alicyclic amines) is 1. The number of nitrogens with zero attached hydrogens (tertiary/aromatic N) is 1. The number of carbonyl (C=O) groups excluding carboxylic acids is 1. The highest BCUT2D eigenvalue weighted by Gasteiger charge is 2.47. The fraction of sp³-hybridized carbons (Fsp3) is 0.381. The minimum atomic E-state index is -0.338. The minimum absolute atomic E-state index is 0.0713. The summed E-state index contributed by atoms with van der Waals surface area (Å²) in [5.74, 6) is 1.11. The van der Waals surface area contributed by atoms with E-state index in [9.17, 15) is 4.79 Å². The van der Waals surface area contributed by atoms with Crippen LogP contribution in [-0.2, 0) is 11.2 Å². The van der Waals surface area contributed by atoms with E-state index < -0.39 is 0 Å². The molecule has 136 valence electrons. The van der Waals surface area contributed by atoms with E-state index in [1.54, 1.807) is 0 Å². The Kier molecular flexibility index (Phi) is 4.88. The number of nitrogens with one attached hydrogen (secondary N) is 1. The van der Waals surface area contributed by atoms with Crippen LogP contribution in [0, 0.1) is 5.41 Å². The zero-order chi connectivity index (χ0) is 18.0. The fourth-order valence-electron chi connectivity index (χ4n) is 3.81. The second-order valence-corrected chi connectivity index (χ2v) is 7.72. The smallest absolute Gasteiger partial charge is 0.231 e. The van der Waals surface area contributed by atoms with Crippen molar-refractivity contribution >= 4 is 17.5 Å². The highest BCUT2D eigenvalue weighted by Crippen LogP contribution is 2.32. The Balaban J connectivity index is 1.40. The SMILES string of the molecule is O=C(N1CC[C@@H](Oc2ccccc2)C1)C1(Cc2ccc(Cl)cc2)CNC1. The average Bonchev–Trinajstić information content (AvgIpc) is 3.08. The molecule has 2 fully saturated rings. The summed E-state index contributed by atoms with van der Waals surface area (Å²) in [6.45, 7) is 2.89. The Morgan fingerprint density at radius 1 is 1.15 bits per heavy atom. The highest BCUT2D eigenvalue weighted by molar-refractivity contribution is 6.30. The molecule has 2 aromatic rings. The molecule has 0 radical (unpaired) electrons. The van der Waals surface area contributed by atoms with Gasteiger partial charge in [0.2, 0.25) is 5.91 Å². The summed E-state index contributed by atoms with van der Waals surface area (Å²) in [6, 6.07) is 17.6. The lowest BCUT2D eigenvalue weighted by atomic mass is 9.75. The van der Waals surface area contributed by atoms with Crippen molar-refractivity contribution in [1.82, 2.24) is 10.2 Å². The number of amides is 1. The second-order valence-electron chi connectivity index (χ2n) is 7.28. The third-order valence-electron chi connectivity index (χ3n) is 5.31. The standard InChI is InChI=1S/C21H23ClN2O2/c22-17-8-6-16(7-9-17)12-21(14-23-15-21)20(25)24-11-10-19(13-24)26-18-4-2-1-3-5-18/h1-9,19,23H,10-15H2/t19-/m1/s1. The Bertz CT molecular complexity index is 759. The Hall–Kier alpha value is -2.04. The number of rotatable bonds is 5. The molecule has 0 aliphatic carbocycles. The van der Waals surface area contributed by atoms with Crippen molar-refractivity contribution in [2.24, 2.45) is 5.41 Å². The number of halogens is 1. The van der Waals surface area contributed by atoms with Crippen molar-refractivity contribution in [2.75, 3.05) is 26.2 Å². The maximum Gasteiger partial charge on any atom is 0.231 e. The van der Waals surface area contributed by atoms with Gasteiger partial charge in [-0.25, -0.2) is 0 Å². The molecule has 4 nitrogen and oxygen atoms in total. The normalized spacial score (nSPS) is 21.3. The summed E-state index contributed by atoms with van der Waals surface area (Å²) < 4.78 is 6.03. The molecule has 1 N–H and O–H groups in total. The van der Waals surface area contributed by atoms with Crippen molar-refractivity contribution in [3.8, 4) is 5.75 Å². The molecule has 2 heterocycles.